The summed E-state index contributed by atoms with van der Waals surface area (Å²) in [6.45, 7) is 2.26. The van der Waals surface area contributed by atoms with Crippen LogP contribution < -0.4 is 10.1 Å². The number of rotatable bonds is 5. The summed E-state index contributed by atoms with van der Waals surface area (Å²) in [6.07, 6.45) is 9.42. The summed E-state index contributed by atoms with van der Waals surface area (Å²) in [5.41, 5.74) is 1.38. The van der Waals surface area contributed by atoms with Crippen LogP contribution in [0.2, 0.25) is 0 Å². The van der Waals surface area contributed by atoms with Crippen LogP contribution in [0.3, 0.4) is 0 Å². The van der Waals surface area contributed by atoms with Crippen molar-refractivity contribution in [3.63, 3.8) is 0 Å². The molecule has 2 rings (SSSR count). The summed E-state index contributed by atoms with van der Waals surface area (Å²) < 4.78 is 5.23. The number of hydrogen-bond donors (Lipinski definition) is 1. The van der Waals surface area contributed by atoms with Gasteiger partial charge in [-0.25, -0.2) is 0 Å². The normalized spacial score (nSPS) is 18.8. The third kappa shape index (κ3) is 4.24. The topological polar surface area (TPSA) is 21.3 Å². The van der Waals surface area contributed by atoms with Gasteiger partial charge in [-0.3, -0.25) is 0 Å². The Balaban J connectivity index is 1.97. The fraction of sp³-hybridized carbons (Fsp3) is 0.647. The van der Waals surface area contributed by atoms with Crippen molar-refractivity contribution in [2.75, 3.05) is 7.11 Å². The van der Waals surface area contributed by atoms with Crippen LogP contribution in [0.4, 0.5) is 0 Å². The van der Waals surface area contributed by atoms with Crippen LogP contribution in [0.1, 0.15) is 63.5 Å². The molecule has 2 nitrogen and oxygen atoms in total. The third-order valence-corrected chi connectivity index (χ3v) is 4.22. The molecule has 0 aromatic heterocycles. The standard InChI is InChI=1S/C17H27NO/c1-3-17(14-10-12-16(19-2)13-11-14)18-15-8-6-4-5-7-9-15/h10-13,15,17-18H,3-9H2,1-2H3. The Hall–Kier alpha value is -1.02. The molecule has 1 aromatic rings. The van der Waals surface area contributed by atoms with Crippen molar-refractivity contribution in [2.24, 2.45) is 0 Å². The molecule has 1 N–H and O–H groups in total. The quantitative estimate of drug-likeness (QED) is 0.790. The average Bonchev–Trinajstić information content (AvgIpc) is 2.73. The highest BCUT2D eigenvalue weighted by Crippen LogP contribution is 2.24. The van der Waals surface area contributed by atoms with E-state index in [0.717, 1.165) is 12.2 Å². The van der Waals surface area contributed by atoms with Crippen molar-refractivity contribution in [2.45, 2.75) is 64.0 Å². The molecule has 2 heteroatoms. The summed E-state index contributed by atoms with van der Waals surface area (Å²) in [5, 5.41) is 3.86. The Morgan fingerprint density at radius 2 is 1.74 bits per heavy atom. The van der Waals surface area contributed by atoms with Crippen molar-refractivity contribution in [3.05, 3.63) is 29.8 Å². The molecule has 1 saturated carbocycles. The van der Waals surface area contributed by atoms with E-state index in [1.54, 1.807) is 7.11 Å². The Morgan fingerprint density at radius 1 is 1.11 bits per heavy atom. The van der Waals surface area contributed by atoms with Crippen LogP contribution in [0.25, 0.3) is 0 Å². The van der Waals surface area contributed by atoms with E-state index < -0.39 is 0 Å². The minimum Gasteiger partial charge on any atom is -0.497 e. The highest BCUT2D eigenvalue weighted by molar-refractivity contribution is 5.29. The molecule has 1 unspecified atom stereocenters. The van der Waals surface area contributed by atoms with Crippen LogP contribution in [-0.4, -0.2) is 13.2 Å². The van der Waals surface area contributed by atoms with Crippen LogP contribution in [0.15, 0.2) is 24.3 Å². The first-order chi connectivity index (χ1) is 9.33. The molecule has 0 amide bonds. The summed E-state index contributed by atoms with van der Waals surface area (Å²) in [6, 6.07) is 9.69. The molecule has 0 saturated heterocycles. The van der Waals surface area contributed by atoms with Gasteiger partial charge in [0.1, 0.15) is 5.75 Å². The second kappa shape index (κ2) is 7.54. The highest BCUT2D eigenvalue weighted by Gasteiger charge is 2.17. The first-order valence-electron chi connectivity index (χ1n) is 7.73. The molecule has 0 spiro atoms. The molecular formula is C17H27NO. The van der Waals surface area contributed by atoms with Crippen LogP contribution in [0, 0.1) is 0 Å². The molecule has 0 heterocycles. The molecule has 1 atom stereocenters. The summed E-state index contributed by atoms with van der Waals surface area (Å²) in [4.78, 5) is 0. The monoisotopic (exact) mass is 261 g/mol. The number of benzene rings is 1. The van der Waals surface area contributed by atoms with Crippen molar-refractivity contribution < 1.29 is 4.74 Å². The zero-order valence-corrected chi connectivity index (χ0v) is 12.3. The number of nitrogens with one attached hydrogen (secondary N) is 1. The summed E-state index contributed by atoms with van der Waals surface area (Å²) in [5.74, 6) is 0.938. The minimum atomic E-state index is 0.481. The van der Waals surface area contributed by atoms with E-state index in [1.807, 2.05) is 0 Å². The third-order valence-electron chi connectivity index (χ3n) is 4.22. The van der Waals surface area contributed by atoms with Crippen molar-refractivity contribution in [1.29, 1.82) is 0 Å². The van der Waals surface area contributed by atoms with Gasteiger partial charge in [-0.1, -0.05) is 44.7 Å². The molecule has 1 aliphatic carbocycles. The SMILES string of the molecule is CCC(NC1CCCCCC1)c1ccc(OC)cc1. The fourth-order valence-corrected chi connectivity index (χ4v) is 3.02. The van der Waals surface area contributed by atoms with E-state index in [9.17, 15) is 0 Å². The first-order valence-corrected chi connectivity index (χ1v) is 7.73. The maximum atomic E-state index is 5.23. The highest BCUT2D eigenvalue weighted by atomic mass is 16.5. The first kappa shape index (κ1) is 14.4. The van der Waals surface area contributed by atoms with E-state index in [2.05, 4.69) is 36.5 Å². The van der Waals surface area contributed by atoms with Crippen LogP contribution in [0.5, 0.6) is 5.75 Å². The van der Waals surface area contributed by atoms with Crippen molar-refractivity contribution >= 4 is 0 Å². The summed E-state index contributed by atoms with van der Waals surface area (Å²) in [7, 11) is 1.72. The van der Waals surface area contributed by atoms with Gasteiger partial charge in [0.25, 0.3) is 0 Å². The lowest BCUT2D eigenvalue weighted by molar-refractivity contribution is 0.390. The van der Waals surface area contributed by atoms with Gasteiger partial charge in [0, 0.05) is 12.1 Å². The van der Waals surface area contributed by atoms with Gasteiger partial charge in [0.15, 0.2) is 0 Å². The van der Waals surface area contributed by atoms with E-state index in [1.165, 1.54) is 44.1 Å². The van der Waals surface area contributed by atoms with Crippen molar-refractivity contribution in [3.8, 4) is 5.75 Å². The Morgan fingerprint density at radius 3 is 2.26 bits per heavy atom. The molecule has 1 aromatic carbocycles. The predicted octanol–water partition coefficient (Wildman–Crippen LogP) is 4.46. The molecular weight excluding hydrogens is 234 g/mol. The Bertz CT molecular complexity index is 352. The van der Waals surface area contributed by atoms with Crippen LogP contribution in [-0.2, 0) is 0 Å². The van der Waals surface area contributed by atoms with Gasteiger partial charge >= 0.3 is 0 Å². The van der Waals surface area contributed by atoms with Crippen LogP contribution >= 0.6 is 0 Å². The lowest BCUT2D eigenvalue weighted by atomic mass is 10.0. The molecule has 0 radical (unpaired) electrons. The smallest absolute Gasteiger partial charge is 0.118 e. The van der Waals surface area contributed by atoms with Gasteiger partial charge in [-0.15, -0.1) is 0 Å². The molecule has 106 valence electrons. The maximum absolute atomic E-state index is 5.23. The molecule has 1 fully saturated rings. The zero-order valence-electron chi connectivity index (χ0n) is 12.3. The number of ether oxygens (including phenoxy) is 1. The summed E-state index contributed by atoms with van der Waals surface area (Å²) >= 11 is 0. The van der Waals surface area contributed by atoms with E-state index in [0.29, 0.717) is 12.1 Å². The van der Waals surface area contributed by atoms with Gasteiger partial charge in [-0.05, 0) is 37.0 Å². The van der Waals surface area contributed by atoms with E-state index >= 15 is 0 Å². The maximum Gasteiger partial charge on any atom is 0.118 e. The molecule has 19 heavy (non-hydrogen) atoms. The number of hydrogen-bond acceptors (Lipinski definition) is 2. The molecule has 1 aliphatic rings. The second-order valence-corrected chi connectivity index (χ2v) is 5.59. The molecule has 0 aliphatic heterocycles. The van der Waals surface area contributed by atoms with E-state index in [-0.39, 0.29) is 0 Å². The largest absolute Gasteiger partial charge is 0.497 e. The lowest BCUT2D eigenvalue weighted by Crippen LogP contribution is -2.32. The Kier molecular flexibility index (Phi) is 5.71. The van der Waals surface area contributed by atoms with Crippen molar-refractivity contribution in [1.82, 2.24) is 5.32 Å². The molecule has 0 bridgehead atoms. The van der Waals surface area contributed by atoms with Gasteiger partial charge < -0.3 is 10.1 Å². The van der Waals surface area contributed by atoms with Gasteiger partial charge in [-0.2, -0.15) is 0 Å². The van der Waals surface area contributed by atoms with Gasteiger partial charge in [0.05, 0.1) is 7.11 Å². The van der Waals surface area contributed by atoms with E-state index in [4.69, 9.17) is 4.74 Å². The lowest BCUT2D eigenvalue weighted by Gasteiger charge is -2.24. The number of methoxy groups -OCH3 is 1. The fourth-order valence-electron chi connectivity index (χ4n) is 3.02. The van der Waals surface area contributed by atoms with Gasteiger partial charge in [0.2, 0.25) is 0 Å². The zero-order chi connectivity index (χ0) is 13.5. The minimum absolute atomic E-state index is 0.481. The average molecular weight is 261 g/mol. The predicted molar refractivity (Wildman–Crippen MR) is 80.7 cm³/mol. The Labute approximate surface area is 117 Å². The second-order valence-electron chi connectivity index (χ2n) is 5.59.